The van der Waals surface area contributed by atoms with Gasteiger partial charge in [-0.05, 0) is 66.8 Å². The first-order valence-corrected chi connectivity index (χ1v) is 5.60. The summed E-state index contributed by atoms with van der Waals surface area (Å²) in [5, 5.41) is 19.4. The molecule has 0 amide bonds. The molecule has 0 heterocycles. The molecular weight excluding hydrogens is 212 g/mol. The highest BCUT2D eigenvalue weighted by Crippen LogP contribution is 2.34. The van der Waals surface area contributed by atoms with Crippen molar-refractivity contribution in [2.75, 3.05) is 0 Å². The Labute approximate surface area is 101 Å². The van der Waals surface area contributed by atoms with E-state index in [2.05, 4.69) is 0 Å². The van der Waals surface area contributed by atoms with Crippen molar-refractivity contribution in [2.45, 2.75) is 20.8 Å². The van der Waals surface area contributed by atoms with Crippen molar-refractivity contribution < 1.29 is 10.2 Å². The molecule has 0 unspecified atom stereocenters. The highest BCUT2D eigenvalue weighted by molar-refractivity contribution is 5.72. The van der Waals surface area contributed by atoms with Crippen LogP contribution in [0, 0.1) is 20.8 Å². The lowest BCUT2D eigenvalue weighted by Gasteiger charge is -2.13. The number of rotatable bonds is 1. The maximum Gasteiger partial charge on any atom is 0.121 e. The quantitative estimate of drug-likeness (QED) is 0.781. The molecule has 0 aliphatic rings. The van der Waals surface area contributed by atoms with Crippen molar-refractivity contribution >= 4 is 0 Å². The van der Waals surface area contributed by atoms with Crippen molar-refractivity contribution in [3.63, 3.8) is 0 Å². The topological polar surface area (TPSA) is 40.5 Å². The van der Waals surface area contributed by atoms with E-state index in [1.807, 2.05) is 39.0 Å². The van der Waals surface area contributed by atoms with E-state index >= 15 is 0 Å². The lowest BCUT2D eigenvalue weighted by molar-refractivity contribution is 0.466. The van der Waals surface area contributed by atoms with Crippen molar-refractivity contribution in [1.82, 2.24) is 0 Å². The van der Waals surface area contributed by atoms with Gasteiger partial charge in [0.15, 0.2) is 0 Å². The summed E-state index contributed by atoms with van der Waals surface area (Å²) < 4.78 is 0. The minimum absolute atomic E-state index is 0.255. The van der Waals surface area contributed by atoms with Gasteiger partial charge in [0, 0.05) is 0 Å². The fourth-order valence-electron chi connectivity index (χ4n) is 2.04. The Balaban J connectivity index is 2.68. The van der Waals surface area contributed by atoms with E-state index in [0.29, 0.717) is 5.75 Å². The Bertz CT molecular complexity index is 571. The summed E-state index contributed by atoms with van der Waals surface area (Å²) in [7, 11) is 0. The van der Waals surface area contributed by atoms with Gasteiger partial charge >= 0.3 is 0 Å². The number of aryl methyl sites for hydroxylation is 1. The number of hydrogen-bond acceptors (Lipinski definition) is 2. The lowest BCUT2D eigenvalue weighted by Crippen LogP contribution is -1.91. The van der Waals surface area contributed by atoms with Crippen LogP contribution in [0.4, 0.5) is 0 Å². The van der Waals surface area contributed by atoms with Gasteiger partial charge in [0.05, 0.1) is 0 Å². The van der Waals surface area contributed by atoms with Crippen LogP contribution in [0.15, 0.2) is 30.3 Å². The number of phenols is 2. The number of benzene rings is 2. The molecule has 2 N–H and O–H groups in total. The fourth-order valence-corrected chi connectivity index (χ4v) is 2.04. The van der Waals surface area contributed by atoms with Crippen LogP contribution in [0.2, 0.25) is 0 Å². The summed E-state index contributed by atoms with van der Waals surface area (Å²) in [5.74, 6) is 0.608. The van der Waals surface area contributed by atoms with Gasteiger partial charge in [0.2, 0.25) is 0 Å². The van der Waals surface area contributed by atoms with Gasteiger partial charge in [-0.15, -0.1) is 0 Å². The molecule has 0 atom stereocenters. The predicted octanol–water partition coefficient (Wildman–Crippen LogP) is 3.69. The Hall–Kier alpha value is -1.96. The van der Waals surface area contributed by atoms with Crippen LogP contribution in [0.1, 0.15) is 16.7 Å². The summed E-state index contributed by atoms with van der Waals surface area (Å²) in [6.07, 6.45) is 0. The highest BCUT2D eigenvalue weighted by atomic mass is 16.3. The zero-order chi connectivity index (χ0) is 12.6. The molecule has 0 radical (unpaired) electrons. The Morgan fingerprint density at radius 1 is 0.882 bits per heavy atom. The molecule has 2 heteroatoms. The molecule has 0 saturated carbocycles. The maximum absolute atomic E-state index is 9.86. The highest BCUT2D eigenvalue weighted by Gasteiger charge is 2.10. The average Bonchev–Trinajstić information content (AvgIpc) is 2.31. The largest absolute Gasteiger partial charge is 0.508 e. The third-order valence-electron chi connectivity index (χ3n) is 3.21. The van der Waals surface area contributed by atoms with E-state index in [9.17, 15) is 10.2 Å². The first-order chi connectivity index (χ1) is 8.00. The molecule has 0 spiro atoms. The second-order valence-electron chi connectivity index (χ2n) is 4.39. The molecule has 0 fully saturated rings. The van der Waals surface area contributed by atoms with E-state index in [1.165, 1.54) is 0 Å². The van der Waals surface area contributed by atoms with E-state index in [4.69, 9.17) is 0 Å². The maximum atomic E-state index is 9.86. The molecule has 2 aromatic rings. The zero-order valence-electron chi connectivity index (χ0n) is 10.3. The normalized spacial score (nSPS) is 10.5. The minimum Gasteiger partial charge on any atom is -0.508 e. The van der Waals surface area contributed by atoms with Crippen molar-refractivity contribution in [1.29, 1.82) is 0 Å². The van der Waals surface area contributed by atoms with Crippen LogP contribution in [-0.2, 0) is 0 Å². The first-order valence-electron chi connectivity index (χ1n) is 5.60. The van der Waals surface area contributed by atoms with Gasteiger partial charge < -0.3 is 10.2 Å². The molecule has 2 nitrogen and oxygen atoms in total. The summed E-state index contributed by atoms with van der Waals surface area (Å²) >= 11 is 0. The number of aromatic hydroxyl groups is 2. The minimum atomic E-state index is 0.255. The second-order valence-corrected chi connectivity index (χ2v) is 4.39. The van der Waals surface area contributed by atoms with Crippen molar-refractivity contribution in [3.8, 4) is 22.6 Å². The molecule has 2 rings (SSSR count). The lowest BCUT2D eigenvalue weighted by atomic mass is 9.94. The molecule has 17 heavy (non-hydrogen) atoms. The van der Waals surface area contributed by atoms with E-state index in [-0.39, 0.29) is 5.75 Å². The van der Waals surface area contributed by atoms with Gasteiger partial charge in [0.1, 0.15) is 11.5 Å². The van der Waals surface area contributed by atoms with Crippen LogP contribution < -0.4 is 0 Å². The summed E-state index contributed by atoms with van der Waals surface area (Å²) in [4.78, 5) is 0. The van der Waals surface area contributed by atoms with Gasteiger partial charge in [-0.3, -0.25) is 0 Å². The summed E-state index contributed by atoms with van der Waals surface area (Å²) in [6.45, 7) is 5.77. The van der Waals surface area contributed by atoms with Gasteiger partial charge in [-0.1, -0.05) is 12.1 Å². The Morgan fingerprint density at radius 2 is 1.59 bits per heavy atom. The first kappa shape index (κ1) is 11.5. The standard InChI is InChI=1S/C15H16O2/c1-9-7-14(10(2)11(3)15(9)17)12-5-4-6-13(16)8-12/h4-8,16-17H,1-3H3. The van der Waals surface area contributed by atoms with Gasteiger partial charge in [0.25, 0.3) is 0 Å². The molecule has 0 bridgehead atoms. The van der Waals surface area contributed by atoms with Crippen LogP contribution in [0.3, 0.4) is 0 Å². The molecule has 0 saturated heterocycles. The Kier molecular flexibility index (Phi) is 2.80. The molecule has 0 aliphatic heterocycles. The van der Waals surface area contributed by atoms with Crippen LogP contribution >= 0.6 is 0 Å². The van der Waals surface area contributed by atoms with Crippen LogP contribution in [-0.4, -0.2) is 10.2 Å². The Morgan fingerprint density at radius 3 is 2.24 bits per heavy atom. The van der Waals surface area contributed by atoms with E-state index < -0.39 is 0 Å². The van der Waals surface area contributed by atoms with E-state index in [1.54, 1.807) is 12.1 Å². The zero-order valence-corrected chi connectivity index (χ0v) is 10.3. The van der Waals surface area contributed by atoms with E-state index in [0.717, 1.165) is 27.8 Å². The predicted molar refractivity (Wildman–Crippen MR) is 69.4 cm³/mol. The fraction of sp³-hybridized carbons (Fsp3) is 0.200. The smallest absolute Gasteiger partial charge is 0.121 e. The molecule has 0 aliphatic carbocycles. The van der Waals surface area contributed by atoms with Gasteiger partial charge in [-0.2, -0.15) is 0 Å². The SMILES string of the molecule is Cc1cc(-c2cccc(O)c2)c(C)c(C)c1O. The number of phenolic OH excluding ortho intramolecular Hbond substituents is 2. The second kappa shape index (κ2) is 4.13. The monoisotopic (exact) mass is 228 g/mol. The summed E-state index contributed by atoms with van der Waals surface area (Å²) in [6, 6.07) is 9.11. The summed E-state index contributed by atoms with van der Waals surface area (Å²) in [5.41, 5.74) is 4.80. The molecule has 2 aromatic carbocycles. The third-order valence-corrected chi connectivity index (χ3v) is 3.21. The molecule has 88 valence electrons. The third kappa shape index (κ3) is 1.98. The van der Waals surface area contributed by atoms with Crippen LogP contribution in [0.5, 0.6) is 11.5 Å². The molecule has 0 aromatic heterocycles. The number of hydrogen-bond donors (Lipinski definition) is 2. The van der Waals surface area contributed by atoms with Gasteiger partial charge in [-0.25, -0.2) is 0 Å². The van der Waals surface area contributed by atoms with Crippen molar-refractivity contribution in [3.05, 3.63) is 47.0 Å². The van der Waals surface area contributed by atoms with Crippen LogP contribution in [0.25, 0.3) is 11.1 Å². The molecular formula is C15H16O2. The average molecular weight is 228 g/mol. The van der Waals surface area contributed by atoms with Crippen molar-refractivity contribution in [2.24, 2.45) is 0 Å².